The topological polar surface area (TPSA) is 176 Å². The van der Waals surface area contributed by atoms with Gasteiger partial charge in [0, 0.05) is 13.1 Å². The third-order valence-corrected chi connectivity index (χ3v) is 4.40. The molecule has 0 aliphatic rings. The fourth-order valence-corrected chi connectivity index (χ4v) is 2.75. The van der Waals surface area contributed by atoms with Gasteiger partial charge < -0.3 is 15.8 Å². The summed E-state index contributed by atoms with van der Waals surface area (Å²) in [6, 6.07) is 3.96. The summed E-state index contributed by atoms with van der Waals surface area (Å²) in [5.41, 5.74) is 5.93. The highest BCUT2D eigenvalue weighted by Crippen LogP contribution is 2.26. The largest absolute Gasteiger partial charge is 0.453 e. The fourth-order valence-electron chi connectivity index (χ4n) is 2.38. The van der Waals surface area contributed by atoms with Crippen LogP contribution in [0.5, 0.6) is 0 Å². The molecule has 0 bridgehead atoms. The molecule has 164 valence electrons. The van der Waals surface area contributed by atoms with Crippen LogP contribution in [0.4, 0.5) is 15.0 Å². The van der Waals surface area contributed by atoms with Crippen LogP contribution in [-0.2, 0) is 4.74 Å². The molecule has 3 rings (SSSR count). The van der Waals surface area contributed by atoms with E-state index < -0.39 is 17.7 Å². The quantitative estimate of drug-likeness (QED) is 0.244. The van der Waals surface area contributed by atoms with Crippen LogP contribution in [-0.4, -0.2) is 52.3 Å². The number of methoxy groups -OCH3 is 1. The number of nitrogens with two attached hydrogens (primary N) is 1. The summed E-state index contributed by atoms with van der Waals surface area (Å²) in [4.78, 5) is 27.1. The molecule has 15 heteroatoms. The number of carbonyl (C=O) groups is 1. The van der Waals surface area contributed by atoms with Gasteiger partial charge in [-0.3, -0.25) is 14.8 Å². The van der Waals surface area contributed by atoms with Crippen LogP contribution in [0.1, 0.15) is 6.42 Å². The maximum Gasteiger partial charge on any atom is 0.446 e. The van der Waals surface area contributed by atoms with E-state index in [0.717, 1.165) is 4.57 Å². The number of aromatic nitrogens is 4. The molecule has 4 N–H and O–H groups in total. The summed E-state index contributed by atoms with van der Waals surface area (Å²) in [6.07, 6.45) is -0.212. The first kappa shape index (κ1) is 21.9. The summed E-state index contributed by atoms with van der Waals surface area (Å²) >= 11 is 3.07. The van der Waals surface area contributed by atoms with Crippen LogP contribution >= 0.6 is 15.9 Å². The van der Waals surface area contributed by atoms with Crippen molar-refractivity contribution in [2.75, 3.05) is 25.5 Å². The molecule has 1 amide bonds. The first-order valence-electron chi connectivity index (χ1n) is 8.66. The molecule has 2 heterocycles. The molecule has 1 aromatic carbocycles. The predicted octanol–water partition coefficient (Wildman–Crippen LogP) is 1.25. The number of aliphatic imine (C=N–C) groups is 1. The number of carbonyl (C=O) groups excluding carboxylic acids is 1. The van der Waals surface area contributed by atoms with Crippen LogP contribution in [0.3, 0.4) is 0 Å². The highest BCUT2D eigenvalue weighted by atomic mass is 79.9. The second-order valence-corrected chi connectivity index (χ2v) is 6.69. The molecule has 2 aromatic heterocycles. The van der Waals surface area contributed by atoms with E-state index in [2.05, 4.69) is 51.8 Å². The zero-order chi connectivity index (χ0) is 22.4. The van der Waals surface area contributed by atoms with E-state index in [0.29, 0.717) is 25.2 Å². The van der Waals surface area contributed by atoms with E-state index in [1.54, 1.807) is 0 Å². The molecule has 0 unspecified atom stereocenters. The van der Waals surface area contributed by atoms with E-state index in [1.165, 1.54) is 25.3 Å². The standard InChI is InChI=1S/C16H16BrFN8O5/c1-29-15(27)22-14(19)21-6-2-5-20-12-11(23-31-24-12)13-25-30-16(28)26(13)8-3-4-10(18)9(17)7-8/h3-4,7H,2,5-6H2,1H3,(H,20,24)(H3,19,21,22,27). The third-order valence-electron chi connectivity index (χ3n) is 3.79. The third kappa shape index (κ3) is 5.25. The normalized spacial score (nSPS) is 11.4. The van der Waals surface area contributed by atoms with Crippen molar-refractivity contribution in [1.29, 1.82) is 0 Å². The molecule has 0 aliphatic heterocycles. The first-order valence-corrected chi connectivity index (χ1v) is 9.46. The summed E-state index contributed by atoms with van der Waals surface area (Å²) in [7, 11) is 1.21. The van der Waals surface area contributed by atoms with Crippen LogP contribution in [0.25, 0.3) is 17.2 Å². The van der Waals surface area contributed by atoms with Gasteiger partial charge in [-0.05, 0) is 50.9 Å². The Morgan fingerprint density at radius 2 is 2.19 bits per heavy atom. The zero-order valence-electron chi connectivity index (χ0n) is 16.0. The van der Waals surface area contributed by atoms with Gasteiger partial charge >= 0.3 is 11.8 Å². The number of hydrogen-bond acceptors (Lipinski definition) is 10. The number of anilines is 1. The number of nitrogens with one attached hydrogen (secondary N) is 2. The minimum Gasteiger partial charge on any atom is -0.453 e. The minimum atomic E-state index is -0.801. The Hall–Kier alpha value is -3.75. The Morgan fingerprint density at radius 3 is 2.94 bits per heavy atom. The van der Waals surface area contributed by atoms with Crippen molar-refractivity contribution in [3.8, 4) is 17.2 Å². The number of nitrogens with zero attached hydrogens (tertiary/aromatic N) is 5. The minimum absolute atomic E-state index is 0.0109. The van der Waals surface area contributed by atoms with Gasteiger partial charge in [0.1, 0.15) is 5.82 Å². The van der Waals surface area contributed by atoms with Gasteiger partial charge in [-0.25, -0.2) is 23.2 Å². The molecule has 3 aromatic rings. The van der Waals surface area contributed by atoms with E-state index in [1.807, 2.05) is 0 Å². The molecular weight excluding hydrogens is 483 g/mol. The lowest BCUT2D eigenvalue weighted by Crippen LogP contribution is -2.36. The average molecular weight is 499 g/mol. The maximum absolute atomic E-state index is 13.5. The van der Waals surface area contributed by atoms with Crippen LogP contribution in [0, 0.1) is 5.82 Å². The number of alkyl carbamates (subject to hydrolysis) is 1. The maximum atomic E-state index is 13.5. The lowest BCUT2D eigenvalue weighted by molar-refractivity contribution is 0.176. The molecule has 0 atom stereocenters. The van der Waals surface area contributed by atoms with Gasteiger partial charge in [0.15, 0.2) is 11.7 Å². The van der Waals surface area contributed by atoms with Gasteiger partial charge in [0.2, 0.25) is 11.6 Å². The van der Waals surface area contributed by atoms with Gasteiger partial charge in [0.05, 0.1) is 17.3 Å². The fraction of sp³-hybridized carbons (Fsp3) is 0.250. The number of ether oxygens (including phenoxy) is 1. The number of halogens is 2. The number of rotatable bonds is 7. The molecule has 0 saturated heterocycles. The number of hydrogen-bond donors (Lipinski definition) is 3. The van der Waals surface area contributed by atoms with Crippen LogP contribution in [0.2, 0.25) is 0 Å². The monoisotopic (exact) mass is 498 g/mol. The number of guanidine groups is 1. The summed E-state index contributed by atoms with van der Waals surface area (Å²) in [5, 5.41) is 16.4. The van der Waals surface area contributed by atoms with Gasteiger partial charge in [-0.1, -0.05) is 5.16 Å². The van der Waals surface area contributed by atoms with Crippen molar-refractivity contribution in [3.05, 3.63) is 39.0 Å². The van der Waals surface area contributed by atoms with Crippen LogP contribution in [0.15, 0.2) is 41.6 Å². The molecule has 0 saturated carbocycles. The molecule has 0 radical (unpaired) electrons. The average Bonchev–Trinajstić information content (AvgIpc) is 3.35. The second kappa shape index (κ2) is 9.84. The van der Waals surface area contributed by atoms with E-state index in [-0.39, 0.29) is 27.8 Å². The highest BCUT2D eigenvalue weighted by Gasteiger charge is 2.23. The van der Waals surface area contributed by atoms with E-state index >= 15 is 0 Å². The van der Waals surface area contributed by atoms with Gasteiger partial charge in [-0.15, -0.1) is 0 Å². The van der Waals surface area contributed by atoms with Crippen molar-refractivity contribution in [2.45, 2.75) is 6.42 Å². The van der Waals surface area contributed by atoms with Crippen LogP contribution < -0.4 is 22.1 Å². The van der Waals surface area contributed by atoms with Crippen molar-refractivity contribution < 1.29 is 23.1 Å². The summed E-state index contributed by atoms with van der Waals surface area (Å²) in [6.45, 7) is 0.669. The molecule has 0 fully saturated rings. The van der Waals surface area contributed by atoms with E-state index in [4.69, 9.17) is 14.9 Å². The SMILES string of the molecule is COC(=O)NC(N)=NCCCNc1nonc1-c1noc(=O)n1-c1ccc(F)c(Br)c1. The number of amides is 1. The van der Waals surface area contributed by atoms with Gasteiger partial charge in [0.25, 0.3) is 0 Å². The molecule has 13 nitrogen and oxygen atoms in total. The Balaban J connectivity index is 1.70. The first-order chi connectivity index (χ1) is 14.9. The second-order valence-electron chi connectivity index (χ2n) is 5.83. The molecule has 0 spiro atoms. The van der Waals surface area contributed by atoms with Crippen molar-refractivity contribution >= 4 is 33.8 Å². The summed E-state index contributed by atoms with van der Waals surface area (Å²) < 4.78 is 28.7. The predicted molar refractivity (Wildman–Crippen MR) is 108 cm³/mol. The lowest BCUT2D eigenvalue weighted by Gasteiger charge is -2.06. The zero-order valence-corrected chi connectivity index (χ0v) is 17.5. The highest BCUT2D eigenvalue weighted by molar-refractivity contribution is 9.10. The lowest BCUT2D eigenvalue weighted by atomic mass is 10.3. The molecular formula is C16H16BrFN8O5. The number of benzene rings is 1. The Morgan fingerprint density at radius 1 is 1.39 bits per heavy atom. The van der Waals surface area contributed by atoms with Crippen molar-refractivity contribution in [2.24, 2.45) is 10.7 Å². The van der Waals surface area contributed by atoms with Crippen molar-refractivity contribution in [3.63, 3.8) is 0 Å². The Labute approximate surface area is 181 Å². The molecule has 31 heavy (non-hydrogen) atoms. The Bertz CT molecular complexity index is 1160. The Kier molecular flexibility index (Phi) is 6.96. The van der Waals surface area contributed by atoms with Crippen molar-refractivity contribution in [1.82, 2.24) is 25.4 Å². The summed E-state index contributed by atoms with van der Waals surface area (Å²) in [5.74, 6) is -1.16. The smallest absolute Gasteiger partial charge is 0.446 e. The van der Waals surface area contributed by atoms with E-state index in [9.17, 15) is 14.0 Å². The molecule has 0 aliphatic carbocycles. The van der Waals surface area contributed by atoms with Gasteiger partial charge in [-0.2, -0.15) is 0 Å².